The number of benzene rings is 2. The minimum Gasteiger partial charge on any atom is -0.493 e. The van der Waals surface area contributed by atoms with E-state index in [2.05, 4.69) is 5.32 Å². The van der Waals surface area contributed by atoms with Crippen LogP contribution in [0.5, 0.6) is 5.75 Å². The van der Waals surface area contributed by atoms with Gasteiger partial charge in [-0.05, 0) is 36.8 Å². The third-order valence-electron chi connectivity index (χ3n) is 4.99. The molecule has 6 nitrogen and oxygen atoms in total. The van der Waals surface area contributed by atoms with Crippen molar-refractivity contribution in [3.05, 3.63) is 47.5 Å². The number of hydrogen-bond donors (Lipinski definition) is 1. The van der Waals surface area contributed by atoms with Gasteiger partial charge in [-0.1, -0.05) is 12.1 Å². The van der Waals surface area contributed by atoms with Crippen LogP contribution in [0, 0.1) is 0 Å². The molecule has 27 heavy (non-hydrogen) atoms. The van der Waals surface area contributed by atoms with Gasteiger partial charge in [0.25, 0.3) is 0 Å². The molecule has 7 heteroatoms. The summed E-state index contributed by atoms with van der Waals surface area (Å²) in [4.78, 5) is 28.1. The molecule has 0 radical (unpaired) electrons. The van der Waals surface area contributed by atoms with Crippen LogP contribution in [0.15, 0.2) is 41.3 Å². The molecular formula is C20H20N2O4S. The summed E-state index contributed by atoms with van der Waals surface area (Å²) < 4.78 is 17.5. The van der Waals surface area contributed by atoms with Crippen LogP contribution in [0.4, 0.5) is 11.4 Å². The number of carbonyl (C=O) groups excluding carboxylic acids is 2. The highest BCUT2D eigenvalue weighted by molar-refractivity contribution is 7.84. The lowest BCUT2D eigenvalue weighted by molar-refractivity contribution is -0.126. The van der Waals surface area contributed by atoms with E-state index in [1.807, 2.05) is 19.1 Å². The highest BCUT2D eigenvalue weighted by Gasteiger charge is 2.42. The molecule has 0 fully saturated rings. The largest absolute Gasteiger partial charge is 0.493 e. The second-order valence-electron chi connectivity index (χ2n) is 6.57. The third-order valence-corrected chi connectivity index (χ3v) is 5.96. The van der Waals surface area contributed by atoms with E-state index < -0.39 is 22.6 Å². The second-order valence-corrected chi connectivity index (χ2v) is 7.92. The standard InChI is InChI=1S/C20H20N2O4S/c1-3-22-15-10-12-8-9-26-16(12)11-13(15)18(20(22)24)19(23)21-14-6-4-5-7-17(14)27(2)25/h4-7,10-11,18H,3,8-9H2,1-2H3,(H,21,23). The molecule has 2 heterocycles. The Kier molecular flexibility index (Phi) is 4.47. The van der Waals surface area contributed by atoms with E-state index in [1.54, 1.807) is 35.4 Å². The van der Waals surface area contributed by atoms with E-state index in [9.17, 15) is 13.8 Å². The molecule has 4 rings (SSSR count). The molecule has 0 aliphatic carbocycles. The number of likely N-dealkylation sites (N-methyl/N-ethyl adjacent to an activating group) is 1. The number of nitrogens with zero attached hydrogens (tertiary/aromatic N) is 1. The molecule has 0 aromatic heterocycles. The number of para-hydroxylation sites is 1. The van der Waals surface area contributed by atoms with Crippen LogP contribution >= 0.6 is 0 Å². The highest BCUT2D eigenvalue weighted by atomic mass is 32.2. The second kappa shape index (κ2) is 6.81. The predicted octanol–water partition coefficient (Wildman–Crippen LogP) is 2.45. The van der Waals surface area contributed by atoms with Gasteiger partial charge in [0, 0.05) is 30.5 Å². The average molecular weight is 384 g/mol. The van der Waals surface area contributed by atoms with Gasteiger partial charge in [-0.3, -0.25) is 13.8 Å². The molecule has 2 aliphatic rings. The fraction of sp³-hybridized carbons (Fsp3) is 0.300. The summed E-state index contributed by atoms with van der Waals surface area (Å²) in [6, 6.07) is 10.7. The summed E-state index contributed by atoms with van der Waals surface area (Å²) in [6.07, 6.45) is 2.36. The Morgan fingerprint density at radius 2 is 2.11 bits per heavy atom. The number of carbonyl (C=O) groups is 2. The number of nitrogens with one attached hydrogen (secondary N) is 1. The third kappa shape index (κ3) is 2.92. The molecule has 1 N–H and O–H groups in total. The van der Waals surface area contributed by atoms with Crippen molar-refractivity contribution < 1.29 is 18.5 Å². The Morgan fingerprint density at radius 1 is 1.33 bits per heavy atom. The highest BCUT2D eigenvalue weighted by Crippen LogP contribution is 2.43. The number of rotatable bonds is 4. The number of ether oxygens (including phenoxy) is 1. The molecule has 2 amide bonds. The fourth-order valence-corrected chi connectivity index (χ4v) is 4.40. The van der Waals surface area contributed by atoms with Gasteiger partial charge in [0.15, 0.2) is 0 Å². The molecule has 0 bridgehead atoms. The maximum absolute atomic E-state index is 13.0. The Labute approximate surface area is 160 Å². The van der Waals surface area contributed by atoms with Gasteiger partial charge in [0.05, 0.1) is 28.0 Å². The summed E-state index contributed by atoms with van der Waals surface area (Å²) >= 11 is 0. The number of hydrogen-bond acceptors (Lipinski definition) is 4. The fourth-order valence-electron chi connectivity index (χ4n) is 3.71. The van der Waals surface area contributed by atoms with Gasteiger partial charge in [-0.15, -0.1) is 0 Å². The van der Waals surface area contributed by atoms with E-state index >= 15 is 0 Å². The van der Waals surface area contributed by atoms with Crippen LogP contribution in [0.25, 0.3) is 0 Å². The summed E-state index contributed by atoms with van der Waals surface area (Å²) in [6.45, 7) is 3.00. The van der Waals surface area contributed by atoms with Crippen LogP contribution in [0.1, 0.15) is 24.0 Å². The van der Waals surface area contributed by atoms with E-state index in [0.29, 0.717) is 29.3 Å². The molecule has 0 saturated heterocycles. The minimum absolute atomic E-state index is 0.247. The summed E-state index contributed by atoms with van der Waals surface area (Å²) in [5.41, 5.74) is 2.96. The number of fused-ring (bicyclic) bond motifs is 2. The van der Waals surface area contributed by atoms with Crippen LogP contribution in [-0.4, -0.2) is 35.4 Å². The average Bonchev–Trinajstić information content (AvgIpc) is 3.20. The van der Waals surface area contributed by atoms with Crippen LogP contribution < -0.4 is 15.0 Å². The number of anilines is 2. The molecule has 2 unspecified atom stereocenters. The predicted molar refractivity (Wildman–Crippen MR) is 104 cm³/mol. The zero-order valence-corrected chi connectivity index (χ0v) is 16.0. The SMILES string of the molecule is CCN1C(=O)C(C(=O)Nc2ccccc2S(C)=O)c2cc3c(cc21)CCO3. The quantitative estimate of drug-likeness (QED) is 0.822. The molecule has 0 saturated carbocycles. The van der Waals surface area contributed by atoms with Crippen LogP contribution in [0.2, 0.25) is 0 Å². The van der Waals surface area contributed by atoms with Crippen molar-refractivity contribution in [1.82, 2.24) is 0 Å². The van der Waals surface area contributed by atoms with Gasteiger partial charge in [-0.2, -0.15) is 0 Å². The van der Waals surface area contributed by atoms with Gasteiger partial charge < -0.3 is 15.0 Å². The molecule has 2 aromatic rings. The van der Waals surface area contributed by atoms with Gasteiger partial charge in [0.2, 0.25) is 11.8 Å². The summed E-state index contributed by atoms with van der Waals surface area (Å²) in [7, 11) is -1.25. The molecule has 2 atom stereocenters. The summed E-state index contributed by atoms with van der Waals surface area (Å²) in [5.74, 6) is -0.864. The maximum atomic E-state index is 13.0. The Balaban J connectivity index is 1.71. The normalized spacial score (nSPS) is 18.7. The van der Waals surface area contributed by atoms with E-state index in [0.717, 1.165) is 23.4 Å². The van der Waals surface area contributed by atoms with Crippen LogP contribution in [0.3, 0.4) is 0 Å². The van der Waals surface area contributed by atoms with Crippen molar-refractivity contribution in [2.24, 2.45) is 0 Å². The Bertz CT molecular complexity index is 972. The number of amides is 2. The van der Waals surface area contributed by atoms with Crippen molar-refractivity contribution in [2.45, 2.75) is 24.2 Å². The van der Waals surface area contributed by atoms with E-state index in [-0.39, 0.29) is 5.91 Å². The Morgan fingerprint density at radius 3 is 2.85 bits per heavy atom. The minimum atomic E-state index is -1.25. The summed E-state index contributed by atoms with van der Waals surface area (Å²) in [5, 5.41) is 2.80. The molecule has 2 aliphatic heterocycles. The monoisotopic (exact) mass is 384 g/mol. The molecule has 0 spiro atoms. The lowest BCUT2D eigenvalue weighted by Gasteiger charge is -2.16. The van der Waals surface area contributed by atoms with Crippen LogP contribution in [-0.2, 0) is 26.8 Å². The first-order valence-corrected chi connectivity index (χ1v) is 10.4. The van der Waals surface area contributed by atoms with Crippen molar-refractivity contribution in [3.63, 3.8) is 0 Å². The van der Waals surface area contributed by atoms with E-state index in [4.69, 9.17) is 4.74 Å². The zero-order valence-electron chi connectivity index (χ0n) is 15.2. The van der Waals surface area contributed by atoms with Crippen molar-refractivity contribution in [1.29, 1.82) is 0 Å². The topological polar surface area (TPSA) is 75.7 Å². The molecule has 2 aromatic carbocycles. The molecular weight excluding hydrogens is 364 g/mol. The first-order valence-electron chi connectivity index (χ1n) is 8.85. The smallest absolute Gasteiger partial charge is 0.244 e. The van der Waals surface area contributed by atoms with Crippen molar-refractivity contribution in [2.75, 3.05) is 29.6 Å². The van der Waals surface area contributed by atoms with Crippen molar-refractivity contribution in [3.8, 4) is 5.75 Å². The van der Waals surface area contributed by atoms with Crippen molar-refractivity contribution >= 4 is 34.0 Å². The first-order chi connectivity index (χ1) is 13.0. The lowest BCUT2D eigenvalue weighted by Crippen LogP contribution is -2.33. The Hall–Kier alpha value is -2.67. The zero-order chi connectivity index (χ0) is 19.1. The maximum Gasteiger partial charge on any atom is 0.244 e. The van der Waals surface area contributed by atoms with E-state index in [1.165, 1.54) is 0 Å². The van der Waals surface area contributed by atoms with Gasteiger partial charge in [-0.25, -0.2) is 0 Å². The van der Waals surface area contributed by atoms with Gasteiger partial charge >= 0.3 is 0 Å². The van der Waals surface area contributed by atoms with Gasteiger partial charge in [0.1, 0.15) is 11.7 Å². The first kappa shape index (κ1) is 17.7. The molecule has 140 valence electrons. The lowest BCUT2D eigenvalue weighted by atomic mass is 9.97.